The second kappa shape index (κ2) is 8.14. The second-order valence-corrected chi connectivity index (χ2v) is 6.70. The molecule has 120 valence electrons. The van der Waals surface area contributed by atoms with E-state index in [9.17, 15) is 13.2 Å². The smallest absolute Gasteiger partial charge is 0.357 e. The van der Waals surface area contributed by atoms with Crippen molar-refractivity contribution in [1.29, 1.82) is 0 Å². The maximum absolute atomic E-state index is 12.1. The Morgan fingerprint density at radius 2 is 1.86 bits per heavy atom. The fraction of sp³-hybridized carbons (Fsp3) is 0.692. The Bertz CT molecular complexity index is 566. The van der Waals surface area contributed by atoms with Crippen molar-refractivity contribution in [2.24, 2.45) is 0 Å². The van der Waals surface area contributed by atoms with Crippen LogP contribution in [0, 0.1) is 6.92 Å². The number of H-pyrrole nitrogens is 1. The molecule has 0 aromatic carbocycles. The molecule has 0 amide bonds. The molecule has 0 aliphatic rings. The molecular formula is C13H23N3O4S. The predicted molar refractivity (Wildman–Crippen MR) is 78.8 cm³/mol. The maximum atomic E-state index is 12.1. The Balaban J connectivity index is 2.55. The maximum Gasteiger partial charge on any atom is 0.357 e. The van der Waals surface area contributed by atoms with Crippen LogP contribution in [0.1, 0.15) is 61.6 Å². The number of aromatic nitrogens is 2. The number of rotatable bonds is 10. The molecular weight excluding hydrogens is 294 g/mol. The molecule has 0 spiro atoms. The number of aromatic amines is 1. The van der Waals surface area contributed by atoms with E-state index in [1.807, 2.05) is 0 Å². The van der Waals surface area contributed by atoms with Crippen LogP contribution in [0.15, 0.2) is 4.90 Å². The van der Waals surface area contributed by atoms with Crippen LogP contribution in [0.3, 0.4) is 0 Å². The summed E-state index contributed by atoms with van der Waals surface area (Å²) in [7, 11) is -3.85. The SMILES string of the molecule is CCCCCCCCNS(=O)(=O)c1c(C(=O)O)n[nH]c1C. The van der Waals surface area contributed by atoms with Crippen LogP contribution in [0.4, 0.5) is 0 Å². The molecule has 0 bridgehead atoms. The molecule has 3 N–H and O–H groups in total. The number of carboxylic acids is 1. The van der Waals surface area contributed by atoms with E-state index in [-0.39, 0.29) is 10.6 Å². The summed E-state index contributed by atoms with van der Waals surface area (Å²) in [5.41, 5.74) is -0.245. The highest BCUT2D eigenvalue weighted by molar-refractivity contribution is 7.89. The molecule has 1 rings (SSSR count). The number of aromatic carboxylic acids is 1. The van der Waals surface area contributed by atoms with E-state index in [0.717, 1.165) is 25.7 Å². The van der Waals surface area contributed by atoms with Gasteiger partial charge in [-0.3, -0.25) is 5.10 Å². The molecule has 8 heteroatoms. The van der Waals surface area contributed by atoms with Crippen molar-refractivity contribution in [3.63, 3.8) is 0 Å². The van der Waals surface area contributed by atoms with Crippen molar-refractivity contribution in [2.75, 3.05) is 6.54 Å². The van der Waals surface area contributed by atoms with Gasteiger partial charge in [0.2, 0.25) is 10.0 Å². The number of hydrogen-bond donors (Lipinski definition) is 3. The molecule has 1 aromatic heterocycles. The van der Waals surface area contributed by atoms with Crippen LogP contribution < -0.4 is 4.72 Å². The highest BCUT2D eigenvalue weighted by atomic mass is 32.2. The van der Waals surface area contributed by atoms with E-state index in [0.29, 0.717) is 6.54 Å². The average molecular weight is 317 g/mol. The van der Waals surface area contributed by atoms with Gasteiger partial charge >= 0.3 is 5.97 Å². The largest absolute Gasteiger partial charge is 0.476 e. The van der Waals surface area contributed by atoms with Crippen molar-refractivity contribution in [3.05, 3.63) is 11.4 Å². The van der Waals surface area contributed by atoms with E-state index >= 15 is 0 Å². The molecule has 7 nitrogen and oxygen atoms in total. The first-order valence-electron chi connectivity index (χ1n) is 7.18. The second-order valence-electron chi connectivity index (χ2n) is 5.00. The van der Waals surface area contributed by atoms with Gasteiger partial charge in [0, 0.05) is 6.54 Å². The third kappa shape index (κ3) is 5.13. The van der Waals surface area contributed by atoms with E-state index in [4.69, 9.17) is 5.11 Å². The van der Waals surface area contributed by atoms with Gasteiger partial charge in [-0.25, -0.2) is 17.9 Å². The van der Waals surface area contributed by atoms with Crippen molar-refractivity contribution in [1.82, 2.24) is 14.9 Å². The number of nitrogens with zero attached hydrogens (tertiary/aromatic N) is 1. The van der Waals surface area contributed by atoms with Crippen LogP contribution in [-0.4, -0.2) is 36.2 Å². The average Bonchev–Trinajstić information content (AvgIpc) is 2.80. The molecule has 0 aliphatic carbocycles. The Labute approximate surface area is 125 Å². The zero-order chi connectivity index (χ0) is 15.9. The van der Waals surface area contributed by atoms with Crippen molar-refractivity contribution >= 4 is 16.0 Å². The Morgan fingerprint density at radius 3 is 2.48 bits per heavy atom. The molecule has 0 saturated heterocycles. The molecule has 0 fully saturated rings. The van der Waals surface area contributed by atoms with E-state index in [1.165, 1.54) is 19.8 Å². The van der Waals surface area contributed by atoms with Crippen LogP contribution in [0.2, 0.25) is 0 Å². The first-order valence-corrected chi connectivity index (χ1v) is 8.66. The van der Waals surface area contributed by atoms with Gasteiger partial charge in [-0.15, -0.1) is 0 Å². The fourth-order valence-electron chi connectivity index (χ4n) is 2.08. The molecule has 0 saturated carbocycles. The van der Waals surface area contributed by atoms with Gasteiger partial charge in [0.25, 0.3) is 0 Å². The summed E-state index contributed by atoms with van der Waals surface area (Å²) in [6, 6.07) is 0. The van der Waals surface area contributed by atoms with Gasteiger partial charge in [-0.1, -0.05) is 39.0 Å². The van der Waals surface area contributed by atoms with Crippen molar-refractivity contribution in [3.8, 4) is 0 Å². The number of unbranched alkanes of at least 4 members (excludes halogenated alkanes) is 5. The van der Waals surface area contributed by atoms with E-state index in [2.05, 4.69) is 21.8 Å². The van der Waals surface area contributed by atoms with Gasteiger partial charge in [-0.05, 0) is 13.3 Å². The van der Waals surface area contributed by atoms with Crippen molar-refractivity contribution in [2.45, 2.75) is 57.3 Å². The minimum atomic E-state index is -3.85. The summed E-state index contributed by atoms with van der Waals surface area (Å²) in [6.07, 6.45) is 6.31. The fourth-order valence-corrected chi connectivity index (χ4v) is 3.47. The molecule has 1 heterocycles. The molecule has 1 aromatic rings. The number of carbonyl (C=O) groups is 1. The first kappa shape index (κ1) is 17.6. The number of nitrogens with one attached hydrogen (secondary N) is 2. The third-order valence-corrected chi connectivity index (χ3v) is 4.81. The summed E-state index contributed by atoms with van der Waals surface area (Å²) < 4.78 is 26.7. The molecule has 0 unspecified atom stereocenters. The Morgan fingerprint density at radius 1 is 1.24 bits per heavy atom. The zero-order valence-corrected chi connectivity index (χ0v) is 13.3. The Kier molecular flexibility index (Phi) is 6.83. The van der Waals surface area contributed by atoms with Gasteiger partial charge in [-0.2, -0.15) is 5.10 Å². The predicted octanol–water partition coefficient (Wildman–Crippen LogP) is 2.06. The minimum absolute atomic E-state index is 0.225. The van der Waals surface area contributed by atoms with E-state index in [1.54, 1.807) is 0 Å². The summed E-state index contributed by atoms with van der Waals surface area (Å²) in [5, 5.41) is 14.9. The monoisotopic (exact) mass is 317 g/mol. The highest BCUT2D eigenvalue weighted by Gasteiger charge is 2.27. The molecule has 0 radical (unpaired) electrons. The lowest BCUT2D eigenvalue weighted by Gasteiger charge is -2.06. The van der Waals surface area contributed by atoms with Gasteiger partial charge in [0.05, 0.1) is 5.69 Å². The highest BCUT2D eigenvalue weighted by Crippen LogP contribution is 2.17. The molecule has 0 aliphatic heterocycles. The van der Waals surface area contributed by atoms with Gasteiger partial charge < -0.3 is 5.11 Å². The quantitative estimate of drug-likeness (QED) is 0.572. The van der Waals surface area contributed by atoms with Crippen molar-refractivity contribution < 1.29 is 18.3 Å². The van der Waals surface area contributed by atoms with Crippen LogP contribution in [0.25, 0.3) is 0 Å². The number of aryl methyl sites for hydroxylation is 1. The molecule has 0 atom stereocenters. The minimum Gasteiger partial charge on any atom is -0.476 e. The number of sulfonamides is 1. The summed E-state index contributed by atoms with van der Waals surface area (Å²) in [5.74, 6) is -1.36. The normalized spacial score (nSPS) is 11.7. The van der Waals surface area contributed by atoms with E-state index < -0.39 is 21.7 Å². The summed E-state index contributed by atoms with van der Waals surface area (Å²) in [6.45, 7) is 3.93. The van der Waals surface area contributed by atoms with Crippen LogP contribution in [-0.2, 0) is 10.0 Å². The zero-order valence-electron chi connectivity index (χ0n) is 12.5. The first-order chi connectivity index (χ1) is 9.90. The molecule has 21 heavy (non-hydrogen) atoms. The summed E-state index contributed by atoms with van der Waals surface area (Å²) >= 11 is 0. The lowest BCUT2D eigenvalue weighted by Crippen LogP contribution is -2.26. The van der Waals surface area contributed by atoms with Gasteiger partial charge in [0.15, 0.2) is 5.69 Å². The Hall–Kier alpha value is -1.41. The number of carboxylic acid groups (broad SMARTS) is 1. The number of hydrogen-bond acceptors (Lipinski definition) is 4. The van der Waals surface area contributed by atoms with Gasteiger partial charge in [0.1, 0.15) is 4.90 Å². The van der Waals surface area contributed by atoms with Crippen LogP contribution in [0.5, 0.6) is 0 Å². The lowest BCUT2D eigenvalue weighted by molar-refractivity contribution is 0.0686. The summed E-state index contributed by atoms with van der Waals surface area (Å²) in [4.78, 5) is 10.7. The van der Waals surface area contributed by atoms with Crippen LogP contribution >= 0.6 is 0 Å². The lowest BCUT2D eigenvalue weighted by atomic mass is 10.1. The topological polar surface area (TPSA) is 112 Å². The third-order valence-electron chi connectivity index (χ3n) is 3.18. The standard InChI is InChI=1S/C13H23N3O4S/c1-3-4-5-6-7-8-9-14-21(19,20)12-10(2)15-16-11(12)13(17)18/h14H,3-9H2,1-2H3,(H,15,16)(H,17,18).